The Morgan fingerprint density at radius 3 is 1.95 bits per heavy atom. The highest BCUT2D eigenvalue weighted by Gasteiger charge is 2.28. The third-order valence-corrected chi connectivity index (χ3v) is 7.84. The van der Waals surface area contributed by atoms with Gasteiger partial charge in [-0.2, -0.15) is 4.98 Å². The van der Waals surface area contributed by atoms with Crippen LogP contribution in [-0.2, 0) is 24.2 Å². The number of hydrogen-bond donors (Lipinski definition) is 0. The summed E-state index contributed by atoms with van der Waals surface area (Å²) in [7, 11) is 3.36. The van der Waals surface area contributed by atoms with E-state index in [0.717, 1.165) is 78.2 Å². The van der Waals surface area contributed by atoms with E-state index in [4.69, 9.17) is 34.1 Å². The van der Waals surface area contributed by atoms with Crippen LogP contribution in [0, 0.1) is 0 Å². The highest BCUT2D eigenvalue weighted by atomic mass is 16.5. The first-order chi connectivity index (χ1) is 20.6. The van der Waals surface area contributed by atoms with Crippen LogP contribution >= 0.6 is 0 Å². The smallest absolute Gasteiger partial charge is 0.228 e. The Kier molecular flexibility index (Phi) is 8.32. The third kappa shape index (κ3) is 5.94. The number of fused-ring (bicyclic) bond motifs is 1. The Bertz CT molecular complexity index is 1420. The van der Waals surface area contributed by atoms with Crippen molar-refractivity contribution in [2.45, 2.75) is 26.4 Å². The standard InChI is InChI=1S/C32H37N7O3/c1-4-37-14-13-28-29(35-32(36-30(28)37)38-15-17-42-18-16-38)25-19-33-31(34-20-25)39(21-23-5-9-26(40-2)10-6-23)22-24-7-11-27(41-3)12-8-24/h5-12,19-20H,4,13-18,21-22H2,1-3H3. The highest BCUT2D eigenvalue weighted by molar-refractivity contribution is 5.72. The summed E-state index contributed by atoms with van der Waals surface area (Å²) < 4.78 is 16.3. The van der Waals surface area contributed by atoms with Crippen LogP contribution in [0.2, 0.25) is 0 Å². The Hall–Kier alpha value is -4.44. The molecular formula is C32H37N7O3. The summed E-state index contributed by atoms with van der Waals surface area (Å²) in [5, 5.41) is 0. The first-order valence-electron chi connectivity index (χ1n) is 14.5. The first kappa shape index (κ1) is 27.7. The van der Waals surface area contributed by atoms with E-state index in [1.165, 1.54) is 5.56 Å². The molecule has 0 amide bonds. The van der Waals surface area contributed by atoms with E-state index in [-0.39, 0.29) is 0 Å². The van der Waals surface area contributed by atoms with Gasteiger partial charge in [-0.15, -0.1) is 0 Å². The van der Waals surface area contributed by atoms with Crippen molar-refractivity contribution in [2.24, 2.45) is 0 Å². The van der Waals surface area contributed by atoms with Crippen LogP contribution in [0.1, 0.15) is 23.6 Å². The van der Waals surface area contributed by atoms with Crippen molar-refractivity contribution in [2.75, 3.05) is 68.3 Å². The molecule has 4 heterocycles. The Morgan fingerprint density at radius 1 is 0.810 bits per heavy atom. The number of likely N-dealkylation sites (N-methyl/N-ethyl adjacent to an activating group) is 1. The summed E-state index contributed by atoms with van der Waals surface area (Å²) in [4.78, 5) is 26.5. The van der Waals surface area contributed by atoms with Gasteiger partial charge in [0.2, 0.25) is 11.9 Å². The van der Waals surface area contributed by atoms with Gasteiger partial charge in [-0.05, 0) is 48.7 Å². The third-order valence-electron chi connectivity index (χ3n) is 7.84. The number of ether oxygens (including phenoxy) is 3. The van der Waals surface area contributed by atoms with Gasteiger partial charge in [0.25, 0.3) is 0 Å². The number of hydrogen-bond acceptors (Lipinski definition) is 10. The Morgan fingerprint density at radius 2 is 1.40 bits per heavy atom. The van der Waals surface area contributed by atoms with E-state index in [9.17, 15) is 0 Å². The zero-order valence-electron chi connectivity index (χ0n) is 24.5. The first-order valence-corrected chi connectivity index (χ1v) is 14.5. The van der Waals surface area contributed by atoms with Crippen molar-refractivity contribution in [3.05, 3.63) is 77.6 Å². The number of morpholine rings is 1. The Labute approximate surface area is 246 Å². The molecule has 0 bridgehead atoms. The maximum absolute atomic E-state index is 5.57. The van der Waals surface area contributed by atoms with Gasteiger partial charge < -0.3 is 28.9 Å². The van der Waals surface area contributed by atoms with Crippen molar-refractivity contribution in [1.82, 2.24) is 19.9 Å². The van der Waals surface area contributed by atoms with Crippen molar-refractivity contribution in [3.63, 3.8) is 0 Å². The molecule has 0 atom stereocenters. The molecule has 0 saturated carbocycles. The SMILES string of the molecule is CCN1CCc2c(-c3cnc(N(Cc4ccc(OC)cc4)Cc4ccc(OC)cc4)nc3)nc(N3CCOCC3)nc21. The number of aromatic nitrogens is 4. The lowest BCUT2D eigenvalue weighted by molar-refractivity contribution is 0.122. The van der Waals surface area contributed by atoms with E-state index < -0.39 is 0 Å². The molecule has 0 radical (unpaired) electrons. The predicted molar refractivity (Wildman–Crippen MR) is 164 cm³/mol. The van der Waals surface area contributed by atoms with Crippen LogP contribution in [0.5, 0.6) is 11.5 Å². The average Bonchev–Trinajstić information content (AvgIpc) is 3.48. The molecule has 0 N–H and O–H groups in total. The lowest BCUT2D eigenvalue weighted by atomic mass is 10.1. The van der Waals surface area contributed by atoms with E-state index >= 15 is 0 Å². The lowest BCUT2D eigenvalue weighted by Crippen LogP contribution is -2.37. The van der Waals surface area contributed by atoms with Gasteiger partial charge in [0.05, 0.1) is 33.1 Å². The number of rotatable bonds is 10. The van der Waals surface area contributed by atoms with Crippen molar-refractivity contribution >= 4 is 17.7 Å². The summed E-state index contributed by atoms with van der Waals surface area (Å²) in [5.74, 6) is 4.08. The number of nitrogens with zero attached hydrogens (tertiary/aromatic N) is 7. The molecule has 2 aliphatic rings. The maximum Gasteiger partial charge on any atom is 0.228 e. The second kappa shape index (κ2) is 12.6. The zero-order chi connectivity index (χ0) is 28.9. The quantitative estimate of drug-likeness (QED) is 0.275. The summed E-state index contributed by atoms with van der Waals surface area (Å²) in [6.07, 6.45) is 4.71. The van der Waals surface area contributed by atoms with Crippen LogP contribution in [0.25, 0.3) is 11.3 Å². The van der Waals surface area contributed by atoms with Gasteiger partial charge in [-0.1, -0.05) is 24.3 Å². The molecule has 4 aromatic rings. The second-order valence-electron chi connectivity index (χ2n) is 10.4. The zero-order valence-corrected chi connectivity index (χ0v) is 24.5. The molecule has 1 fully saturated rings. The van der Waals surface area contributed by atoms with Crippen molar-refractivity contribution < 1.29 is 14.2 Å². The lowest BCUT2D eigenvalue weighted by Gasteiger charge is -2.28. The molecular weight excluding hydrogens is 530 g/mol. The highest BCUT2D eigenvalue weighted by Crippen LogP contribution is 2.35. The molecule has 2 aromatic carbocycles. The van der Waals surface area contributed by atoms with Gasteiger partial charge in [-0.25, -0.2) is 15.0 Å². The van der Waals surface area contributed by atoms with Gasteiger partial charge in [0, 0.05) is 62.8 Å². The van der Waals surface area contributed by atoms with Gasteiger partial charge in [-0.3, -0.25) is 0 Å². The molecule has 10 nitrogen and oxygen atoms in total. The largest absolute Gasteiger partial charge is 0.497 e. The molecule has 2 aliphatic heterocycles. The summed E-state index contributed by atoms with van der Waals surface area (Å²) in [5.41, 5.74) is 5.26. The Balaban J connectivity index is 1.32. The molecule has 0 unspecified atom stereocenters. The summed E-state index contributed by atoms with van der Waals surface area (Å²) >= 11 is 0. The maximum atomic E-state index is 5.57. The number of anilines is 3. The molecule has 42 heavy (non-hydrogen) atoms. The van der Waals surface area contributed by atoms with E-state index in [2.05, 4.69) is 45.9 Å². The summed E-state index contributed by atoms with van der Waals surface area (Å²) in [6.45, 7) is 8.24. The van der Waals surface area contributed by atoms with E-state index in [0.29, 0.717) is 32.3 Å². The van der Waals surface area contributed by atoms with Crippen LogP contribution < -0.4 is 24.2 Å². The van der Waals surface area contributed by atoms with Gasteiger partial charge in [0.15, 0.2) is 0 Å². The minimum atomic E-state index is 0.644. The fraction of sp³-hybridized carbons (Fsp3) is 0.375. The molecule has 10 heteroatoms. The number of methoxy groups -OCH3 is 2. The minimum Gasteiger partial charge on any atom is -0.497 e. The molecule has 2 aromatic heterocycles. The topological polar surface area (TPSA) is 89.0 Å². The normalized spacial score (nSPS) is 14.5. The fourth-order valence-corrected chi connectivity index (χ4v) is 5.46. The summed E-state index contributed by atoms with van der Waals surface area (Å²) in [6, 6.07) is 16.2. The van der Waals surface area contributed by atoms with Gasteiger partial charge >= 0.3 is 0 Å². The molecule has 218 valence electrons. The molecule has 1 saturated heterocycles. The second-order valence-corrected chi connectivity index (χ2v) is 10.4. The molecule has 6 rings (SSSR count). The van der Waals surface area contributed by atoms with E-state index in [1.807, 2.05) is 36.7 Å². The fourth-order valence-electron chi connectivity index (χ4n) is 5.46. The van der Waals surface area contributed by atoms with Crippen LogP contribution in [0.3, 0.4) is 0 Å². The molecule has 0 spiro atoms. The minimum absolute atomic E-state index is 0.644. The van der Waals surface area contributed by atoms with Crippen LogP contribution in [0.15, 0.2) is 60.9 Å². The predicted octanol–water partition coefficient (Wildman–Crippen LogP) is 4.38. The molecule has 0 aliphatic carbocycles. The van der Waals surface area contributed by atoms with Crippen LogP contribution in [-0.4, -0.2) is 73.5 Å². The monoisotopic (exact) mass is 567 g/mol. The van der Waals surface area contributed by atoms with E-state index in [1.54, 1.807) is 14.2 Å². The van der Waals surface area contributed by atoms with Gasteiger partial charge in [0.1, 0.15) is 17.3 Å². The van der Waals surface area contributed by atoms with Crippen molar-refractivity contribution in [3.8, 4) is 22.8 Å². The average molecular weight is 568 g/mol. The van der Waals surface area contributed by atoms with Crippen LogP contribution in [0.4, 0.5) is 17.7 Å². The number of benzene rings is 2. The van der Waals surface area contributed by atoms with Crippen molar-refractivity contribution in [1.29, 1.82) is 0 Å².